The van der Waals surface area contributed by atoms with Gasteiger partial charge in [0.25, 0.3) is 0 Å². The molecule has 0 heterocycles. The van der Waals surface area contributed by atoms with E-state index in [0.29, 0.717) is 23.7 Å². The highest BCUT2D eigenvalue weighted by Crippen LogP contribution is 2.14. The Bertz CT molecular complexity index is 600. The molecule has 0 unspecified atom stereocenters. The van der Waals surface area contributed by atoms with Gasteiger partial charge in [0.15, 0.2) is 5.78 Å². The second-order valence-electron chi connectivity index (χ2n) is 4.68. The highest BCUT2D eigenvalue weighted by Gasteiger charge is 2.01. The highest BCUT2D eigenvalue weighted by molar-refractivity contribution is 5.94. The molecule has 0 amide bonds. The first-order valence-electron chi connectivity index (χ1n) is 6.73. The van der Waals surface area contributed by atoms with Gasteiger partial charge in [-0.2, -0.15) is 0 Å². The van der Waals surface area contributed by atoms with Crippen molar-refractivity contribution in [3.63, 3.8) is 0 Å². The van der Waals surface area contributed by atoms with Crippen LogP contribution in [0.3, 0.4) is 0 Å². The summed E-state index contributed by atoms with van der Waals surface area (Å²) in [7, 11) is 0. The molecule has 0 N–H and O–H groups in total. The minimum Gasteiger partial charge on any atom is -0.490 e. The molecule has 0 atom stereocenters. The molecule has 3 heteroatoms. The van der Waals surface area contributed by atoms with Crippen LogP contribution in [0.4, 0.5) is 0 Å². The molecule has 0 saturated carbocycles. The molecular weight excluding hydrogens is 264 g/mol. The standard InChI is InChI=1S/C18H18O3/c1-14(20-13-16-6-4-3-5-7-16)12-21-18-10-8-17(9-11-18)15(2)19/h3-11H,1,12-13H2,2H3. The molecule has 108 valence electrons. The summed E-state index contributed by atoms with van der Waals surface area (Å²) in [5, 5.41) is 0. The molecule has 0 spiro atoms. The molecule has 0 radical (unpaired) electrons. The lowest BCUT2D eigenvalue weighted by molar-refractivity contribution is 0.101. The van der Waals surface area contributed by atoms with Crippen LogP contribution in [0.1, 0.15) is 22.8 Å². The van der Waals surface area contributed by atoms with Crippen molar-refractivity contribution in [1.29, 1.82) is 0 Å². The minimum absolute atomic E-state index is 0.0390. The summed E-state index contributed by atoms with van der Waals surface area (Å²) >= 11 is 0. The van der Waals surface area contributed by atoms with Crippen molar-refractivity contribution < 1.29 is 14.3 Å². The van der Waals surface area contributed by atoms with Gasteiger partial charge in [-0.3, -0.25) is 4.79 Å². The maximum absolute atomic E-state index is 11.2. The number of rotatable bonds is 7. The summed E-state index contributed by atoms with van der Waals surface area (Å²) in [5.74, 6) is 1.29. The lowest BCUT2D eigenvalue weighted by Crippen LogP contribution is -2.04. The molecule has 0 aliphatic heterocycles. The van der Waals surface area contributed by atoms with Crippen LogP contribution in [0.5, 0.6) is 5.75 Å². The maximum atomic E-state index is 11.2. The van der Waals surface area contributed by atoms with Crippen LogP contribution in [0.25, 0.3) is 0 Å². The zero-order chi connectivity index (χ0) is 15.1. The highest BCUT2D eigenvalue weighted by atomic mass is 16.5. The van der Waals surface area contributed by atoms with Crippen molar-refractivity contribution in [3.8, 4) is 5.75 Å². The van der Waals surface area contributed by atoms with Gasteiger partial charge >= 0.3 is 0 Å². The topological polar surface area (TPSA) is 35.5 Å². The van der Waals surface area contributed by atoms with E-state index >= 15 is 0 Å². The normalized spacial score (nSPS) is 9.95. The lowest BCUT2D eigenvalue weighted by atomic mass is 10.1. The Morgan fingerprint density at radius 1 is 1.05 bits per heavy atom. The predicted molar refractivity (Wildman–Crippen MR) is 82.3 cm³/mol. The number of Topliss-reactive ketones (excluding diaryl/α,β-unsaturated/α-hetero) is 1. The number of ether oxygens (including phenoxy) is 2. The van der Waals surface area contributed by atoms with E-state index < -0.39 is 0 Å². The molecule has 2 rings (SSSR count). The van der Waals surface area contributed by atoms with Gasteiger partial charge in [-0.1, -0.05) is 36.9 Å². The maximum Gasteiger partial charge on any atom is 0.159 e. The summed E-state index contributed by atoms with van der Waals surface area (Å²) in [4.78, 5) is 11.2. The first-order valence-corrected chi connectivity index (χ1v) is 6.73. The fraction of sp³-hybridized carbons (Fsp3) is 0.167. The van der Waals surface area contributed by atoms with Crippen molar-refractivity contribution >= 4 is 5.78 Å². The van der Waals surface area contributed by atoms with E-state index in [4.69, 9.17) is 9.47 Å². The van der Waals surface area contributed by atoms with Crippen LogP contribution in [0, 0.1) is 0 Å². The number of hydrogen-bond donors (Lipinski definition) is 0. The van der Waals surface area contributed by atoms with Crippen molar-refractivity contribution in [2.24, 2.45) is 0 Å². The van der Waals surface area contributed by atoms with Gasteiger partial charge < -0.3 is 9.47 Å². The third-order valence-corrected chi connectivity index (χ3v) is 2.95. The Kier molecular flexibility index (Phi) is 5.16. The fourth-order valence-electron chi connectivity index (χ4n) is 1.75. The van der Waals surface area contributed by atoms with E-state index in [9.17, 15) is 4.79 Å². The van der Waals surface area contributed by atoms with Gasteiger partial charge in [0.05, 0.1) is 0 Å². The summed E-state index contributed by atoms with van der Waals surface area (Å²) in [5.41, 5.74) is 1.76. The second-order valence-corrected chi connectivity index (χ2v) is 4.68. The molecule has 0 aliphatic carbocycles. The first kappa shape index (κ1) is 14.9. The summed E-state index contributed by atoms with van der Waals surface area (Å²) in [6.07, 6.45) is 0. The monoisotopic (exact) mass is 282 g/mol. The summed E-state index contributed by atoms with van der Waals surface area (Å²) < 4.78 is 11.1. The van der Waals surface area contributed by atoms with E-state index in [1.807, 2.05) is 30.3 Å². The third kappa shape index (κ3) is 4.80. The quantitative estimate of drug-likeness (QED) is 0.569. The molecule has 3 nitrogen and oxygen atoms in total. The van der Waals surface area contributed by atoms with Crippen molar-refractivity contribution in [2.75, 3.05) is 6.61 Å². The second kappa shape index (κ2) is 7.29. The number of carbonyl (C=O) groups is 1. The van der Waals surface area contributed by atoms with Crippen LogP contribution >= 0.6 is 0 Å². The van der Waals surface area contributed by atoms with Crippen LogP contribution < -0.4 is 4.74 Å². The molecule has 0 fully saturated rings. The summed E-state index contributed by atoms with van der Waals surface area (Å²) in [6.45, 7) is 6.13. The molecular formula is C18H18O3. The first-order chi connectivity index (χ1) is 10.1. The van der Waals surface area contributed by atoms with E-state index in [1.54, 1.807) is 24.3 Å². The Morgan fingerprint density at radius 3 is 2.33 bits per heavy atom. The van der Waals surface area contributed by atoms with Gasteiger partial charge in [-0.05, 0) is 36.8 Å². The fourth-order valence-corrected chi connectivity index (χ4v) is 1.75. The van der Waals surface area contributed by atoms with Gasteiger partial charge in [0.1, 0.15) is 24.7 Å². The lowest BCUT2D eigenvalue weighted by Gasteiger charge is -2.11. The minimum atomic E-state index is 0.0390. The van der Waals surface area contributed by atoms with Crippen LogP contribution in [0.2, 0.25) is 0 Å². The van der Waals surface area contributed by atoms with Crippen molar-refractivity contribution in [1.82, 2.24) is 0 Å². The summed E-state index contributed by atoms with van der Waals surface area (Å²) in [6, 6.07) is 16.9. The average Bonchev–Trinajstić information content (AvgIpc) is 2.52. The average molecular weight is 282 g/mol. The molecule has 21 heavy (non-hydrogen) atoms. The third-order valence-electron chi connectivity index (χ3n) is 2.95. The number of benzene rings is 2. The number of hydrogen-bond acceptors (Lipinski definition) is 3. The van der Waals surface area contributed by atoms with Crippen molar-refractivity contribution in [3.05, 3.63) is 78.1 Å². The Labute approximate surface area is 124 Å². The van der Waals surface area contributed by atoms with E-state index in [2.05, 4.69) is 6.58 Å². The Morgan fingerprint density at radius 2 is 1.71 bits per heavy atom. The largest absolute Gasteiger partial charge is 0.490 e. The van der Waals surface area contributed by atoms with E-state index in [0.717, 1.165) is 5.56 Å². The van der Waals surface area contributed by atoms with Gasteiger partial charge in [0.2, 0.25) is 0 Å². The zero-order valence-electron chi connectivity index (χ0n) is 12.0. The SMILES string of the molecule is C=C(COc1ccc(C(C)=O)cc1)OCc1ccccc1. The molecule has 0 aromatic heterocycles. The molecule has 0 aliphatic rings. The Balaban J connectivity index is 1.77. The van der Waals surface area contributed by atoms with Crippen LogP contribution in [-0.4, -0.2) is 12.4 Å². The van der Waals surface area contributed by atoms with Crippen LogP contribution in [-0.2, 0) is 11.3 Å². The molecule has 2 aromatic rings. The van der Waals surface area contributed by atoms with Gasteiger partial charge in [-0.15, -0.1) is 0 Å². The van der Waals surface area contributed by atoms with E-state index in [-0.39, 0.29) is 12.4 Å². The van der Waals surface area contributed by atoms with Gasteiger partial charge in [-0.25, -0.2) is 0 Å². The molecule has 0 saturated heterocycles. The molecule has 2 aromatic carbocycles. The van der Waals surface area contributed by atoms with Crippen LogP contribution in [0.15, 0.2) is 66.9 Å². The van der Waals surface area contributed by atoms with E-state index in [1.165, 1.54) is 6.92 Å². The number of ketones is 1. The van der Waals surface area contributed by atoms with Gasteiger partial charge in [0, 0.05) is 5.56 Å². The zero-order valence-corrected chi connectivity index (χ0v) is 12.0. The molecule has 0 bridgehead atoms. The number of carbonyl (C=O) groups excluding carboxylic acids is 1. The smallest absolute Gasteiger partial charge is 0.159 e. The predicted octanol–water partition coefficient (Wildman–Crippen LogP) is 4.00. The Hall–Kier alpha value is -2.55. The van der Waals surface area contributed by atoms with Crippen molar-refractivity contribution in [2.45, 2.75) is 13.5 Å².